The standard InChI is InChI=1S/C20H22N2/c1-14-10-11-18-17(12-14)16-8-5-9-19(20(16)22-18)21-13-15-6-3-2-4-7-15/h2-4,6-7,10-12,19,21-22H,5,8-9,13H2,1H3/p+1. The lowest BCUT2D eigenvalue weighted by molar-refractivity contribution is -0.712. The Morgan fingerprint density at radius 3 is 2.86 bits per heavy atom. The van der Waals surface area contributed by atoms with Gasteiger partial charge in [0.1, 0.15) is 12.6 Å². The van der Waals surface area contributed by atoms with Crippen LogP contribution in [0.25, 0.3) is 10.9 Å². The second-order valence-electron chi connectivity index (χ2n) is 6.49. The molecule has 1 aliphatic carbocycles. The lowest BCUT2D eigenvalue weighted by Crippen LogP contribution is -2.84. The van der Waals surface area contributed by atoms with Crippen LogP contribution in [-0.2, 0) is 13.0 Å². The molecular weight excluding hydrogens is 268 g/mol. The Bertz CT molecular complexity index is 786. The van der Waals surface area contributed by atoms with Crippen LogP contribution in [0.5, 0.6) is 0 Å². The molecule has 4 rings (SSSR count). The van der Waals surface area contributed by atoms with E-state index < -0.39 is 0 Å². The number of nitrogens with two attached hydrogens (primary N) is 1. The summed E-state index contributed by atoms with van der Waals surface area (Å²) in [4.78, 5) is 3.70. The van der Waals surface area contributed by atoms with Crippen molar-refractivity contribution in [1.82, 2.24) is 4.98 Å². The molecule has 1 aliphatic rings. The van der Waals surface area contributed by atoms with Crippen LogP contribution in [0, 0.1) is 6.92 Å². The first kappa shape index (κ1) is 13.6. The van der Waals surface area contributed by atoms with Crippen molar-refractivity contribution in [1.29, 1.82) is 0 Å². The number of aryl methyl sites for hydroxylation is 2. The van der Waals surface area contributed by atoms with Gasteiger partial charge in [-0.1, -0.05) is 42.0 Å². The van der Waals surface area contributed by atoms with Crippen molar-refractivity contribution in [2.45, 2.75) is 38.8 Å². The molecule has 22 heavy (non-hydrogen) atoms. The highest BCUT2D eigenvalue weighted by Crippen LogP contribution is 2.33. The predicted molar refractivity (Wildman–Crippen MR) is 90.8 cm³/mol. The van der Waals surface area contributed by atoms with Gasteiger partial charge in [-0.3, -0.25) is 0 Å². The summed E-state index contributed by atoms with van der Waals surface area (Å²) >= 11 is 0. The first-order chi connectivity index (χ1) is 10.8. The van der Waals surface area contributed by atoms with Crippen molar-refractivity contribution in [2.75, 3.05) is 0 Å². The van der Waals surface area contributed by atoms with Gasteiger partial charge in [0.15, 0.2) is 0 Å². The van der Waals surface area contributed by atoms with Crippen molar-refractivity contribution in [2.24, 2.45) is 0 Å². The molecule has 2 heteroatoms. The number of rotatable bonds is 3. The van der Waals surface area contributed by atoms with E-state index in [4.69, 9.17) is 0 Å². The number of fused-ring (bicyclic) bond motifs is 3. The molecule has 0 aliphatic heterocycles. The van der Waals surface area contributed by atoms with Gasteiger partial charge in [0.25, 0.3) is 0 Å². The third kappa shape index (κ3) is 2.44. The SMILES string of the molecule is Cc1ccc2[nH]c3c(c2c1)CCCC3[NH2+]Cc1ccccc1. The molecule has 1 heterocycles. The summed E-state index contributed by atoms with van der Waals surface area (Å²) in [5, 5.41) is 3.93. The summed E-state index contributed by atoms with van der Waals surface area (Å²) in [5.41, 5.74) is 7.07. The smallest absolute Gasteiger partial charge is 0.127 e. The van der Waals surface area contributed by atoms with Crippen LogP contribution in [-0.4, -0.2) is 4.98 Å². The van der Waals surface area contributed by atoms with E-state index in [9.17, 15) is 0 Å². The van der Waals surface area contributed by atoms with Crippen LogP contribution in [0.1, 0.15) is 41.3 Å². The van der Waals surface area contributed by atoms with Crippen molar-refractivity contribution in [3.63, 3.8) is 0 Å². The van der Waals surface area contributed by atoms with E-state index in [-0.39, 0.29) is 0 Å². The summed E-state index contributed by atoms with van der Waals surface area (Å²) in [6.07, 6.45) is 3.78. The number of hydrogen-bond acceptors (Lipinski definition) is 0. The average Bonchev–Trinajstić information content (AvgIpc) is 2.92. The number of nitrogens with one attached hydrogen (secondary N) is 1. The van der Waals surface area contributed by atoms with Gasteiger partial charge in [0.05, 0.1) is 5.69 Å². The van der Waals surface area contributed by atoms with E-state index in [2.05, 4.69) is 65.8 Å². The van der Waals surface area contributed by atoms with E-state index in [1.54, 1.807) is 5.56 Å². The summed E-state index contributed by atoms with van der Waals surface area (Å²) in [6.45, 7) is 3.24. The molecule has 112 valence electrons. The highest BCUT2D eigenvalue weighted by Gasteiger charge is 2.26. The average molecular weight is 291 g/mol. The monoisotopic (exact) mass is 291 g/mol. The maximum atomic E-state index is 3.70. The van der Waals surface area contributed by atoms with E-state index in [0.717, 1.165) is 6.54 Å². The van der Waals surface area contributed by atoms with Gasteiger partial charge in [-0.05, 0) is 37.5 Å². The van der Waals surface area contributed by atoms with Crippen LogP contribution in [0.15, 0.2) is 48.5 Å². The number of quaternary nitrogens is 1. The highest BCUT2D eigenvalue weighted by atomic mass is 14.9. The third-order valence-corrected chi connectivity index (χ3v) is 4.89. The first-order valence-electron chi connectivity index (χ1n) is 8.29. The number of hydrogen-bond donors (Lipinski definition) is 2. The van der Waals surface area contributed by atoms with Crippen molar-refractivity contribution < 1.29 is 5.32 Å². The molecule has 0 saturated heterocycles. The molecule has 0 bridgehead atoms. The van der Waals surface area contributed by atoms with Crippen LogP contribution in [0.3, 0.4) is 0 Å². The van der Waals surface area contributed by atoms with Crippen molar-refractivity contribution in [3.8, 4) is 0 Å². The van der Waals surface area contributed by atoms with Gasteiger partial charge < -0.3 is 10.3 Å². The minimum absolute atomic E-state index is 0.566. The Balaban J connectivity index is 1.63. The van der Waals surface area contributed by atoms with Crippen molar-refractivity contribution in [3.05, 3.63) is 70.9 Å². The molecule has 1 unspecified atom stereocenters. The van der Waals surface area contributed by atoms with Crippen LogP contribution < -0.4 is 5.32 Å². The fourth-order valence-electron chi connectivity index (χ4n) is 3.74. The maximum Gasteiger partial charge on any atom is 0.127 e. The second kappa shape index (κ2) is 5.62. The molecule has 1 atom stereocenters. The van der Waals surface area contributed by atoms with Gasteiger partial charge in [-0.25, -0.2) is 0 Å². The van der Waals surface area contributed by atoms with Gasteiger partial charge in [0.2, 0.25) is 0 Å². The minimum atomic E-state index is 0.566. The molecular formula is C20H23N2+. The fraction of sp³-hybridized carbons (Fsp3) is 0.300. The topological polar surface area (TPSA) is 32.4 Å². The largest absolute Gasteiger partial charge is 0.353 e. The van der Waals surface area contributed by atoms with E-state index in [1.165, 1.54) is 47.0 Å². The number of H-pyrrole nitrogens is 1. The Morgan fingerprint density at radius 1 is 1.14 bits per heavy atom. The second-order valence-corrected chi connectivity index (χ2v) is 6.49. The predicted octanol–water partition coefficient (Wildman–Crippen LogP) is 3.62. The minimum Gasteiger partial charge on any atom is -0.353 e. The van der Waals surface area contributed by atoms with Gasteiger partial charge in [-0.15, -0.1) is 0 Å². The Labute approximate surface area is 131 Å². The number of aromatic amines is 1. The van der Waals surface area contributed by atoms with Gasteiger partial charge in [-0.2, -0.15) is 0 Å². The molecule has 3 aromatic rings. The lowest BCUT2D eigenvalue weighted by Gasteiger charge is -2.21. The first-order valence-corrected chi connectivity index (χ1v) is 8.29. The van der Waals surface area contributed by atoms with Crippen LogP contribution in [0.2, 0.25) is 0 Å². The van der Waals surface area contributed by atoms with Gasteiger partial charge in [0, 0.05) is 22.9 Å². The molecule has 2 nitrogen and oxygen atoms in total. The molecule has 0 spiro atoms. The van der Waals surface area contributed by atoms with E-state index in [0.29, 0.717) is 6.04 Å². The van der Waals surface area contributed by atoms with Crippen molar-refractivity contribution >= 4 is 10.9 Å². The molecule has 0 saturated carbocycles. The maximum absolute atomic E-state index is 3.70. The molecule has 0 amide bonds. The zero-order chi connectivity index (χ0) is 14.9. The Hall–Kier alpha value is -2.06. The third-order valence-electron chi connectivity index (χ3n) is 4.89. The number of aromatic nitrogens is 1. The normalized spacial score (nSPS) is 17.6. The number of benzene rings is 2. The molecule has 2 aromatic carbocycles. The van der Waals surface area contributed by atoms with Crippen LogP contribution >= 0.6 is 0 Å². The fourth-order valence-corrected chi connectivity index (χ4v) is 3.74. The molecule has 3 N–H and O–H groups in total. The zero-order valence-electron chi connectivity index (χ0n) is 13.1. The summed E-state index contributed by atoms with van der Waals surface area (Å²) in [5.74, 6) is 0. The summed E-state index contributed by atoms with van der Waals surface area (Å²) in [6, 6.07) is 18.1. The van der Waals surface area contributed by atoms with E-state index >= 15 is 0 Å². The molecule has 1 aromatic heterocycles. The summed E-state index contributed by atoms with van der Waals surface area (Å²) in [7, 11) is 0. The summed E-state index contributed by atoms with van der Waals surface area (Å²) < 4.78 is 0. The highest BCUT2D eigenvalue weighted by molar-refractivity contribution is 5.85. The molecule has 0 fully saturated rings. The Morgan fingerprint density at radius 2 is 2.00 bits per heavy atom. The quantitative estimate of drug-likeness (QED) is 0.739. The lowest BCUT2D eigenvalue weighted by atomic mass is 9.91. The zero-order valence-corrected chi connectivity index (χ0v) is 13.1. The molecule has 0 radical (unpaired) electrons. The Kier molecular flexibility index (Phi) is 3.47. The van der Waals surface area contributed by atoms with Crippen LogP contribution in [0.4, 0.5) is 0 Å². The van der Waals surface area contributed by atoms with Gasteiger partial charge >= 0.3 is 0 Å². The van der Waals surface area contributed by atoms with E-state index in [1.807, 2.05) is 0 Å².